The molecule has 2 heterocycles. The second-order valence-corrected chi connectivity index (χ2v) is 5.47. The zero-order valence-electron chi connectivity index (χ0n) is 13.7. The number of pyridine rings is 1. The van der Waals surface area contributed by atoms with E-state index in [2.05, 4.69) is 30.8 Å². The fourth-order valence-electron chi connectivity index (χ4n) is 1.96. The summed E-state index contributed by atoms with van der Waals surface area (Å²) in [4.78, 5) is 8.61. The lowest BCUT2D eigenvalue weighted by atomic mass is 10.2. The van der Waals surface area contributed by atoms with Gasteiger partial charge in [-0.3, -0.25) is 0 Å². The highest BCUT2D eigenvalue weighted by Gasteiger charge is 2.04. The van der Waals surface area contributed by atoms with E-state index in [1.807, 2.05) is 31.5 Å². The van der Waals surface area contributed by atoms with Gasteiger partial charge in [0.1, 0.15) is 17.5 Å². The van der Waals surface area contributed by atoms with Crippen molar-refractivity contribution in [2.24, 2.45) is 12.0 Å². The van der Waals surface area contributed by atoms with E-state index in [1.165, 1.54) is 0 Å². The number of hydrogen-bond acceptors (Lipinski definition) is 4. The predicted molar refractivity (Wildman–Crippen MR) is 91.5 cm³/mol. The van der Waals surface area contributed by atoms with Gasteiger partial charge < -0.3 is 15.2 Å². The topological polar surface area (TPSA) is 80.0 Å². The van der Waals surface area contributed by atoms with Gasteiger partial charge in [0, 0.05) is 26.3 Å². The molecule has 8 heteroatoms. The molecule has 2 aromatic heterocycles. The van der Waals surface area contributed by atoms with E-state index < -0.39 is 0 Å². The van der Waals surface area contributed by atoms with Crippen LogP contribution < -0.4 is 10.6 Å². The molecule has 7 nitrogen and oxygen atoms in total. The summed E-state index contributed by atoms with van der Waals surface area (Å²) in [5, 5.41) is 15.2. The molecule has 0 atom stereocenters. The zero-order chi connectivity index (χ0) is 16.7. The Morgan fingerprint density at radius 3 is 2.74 bits per heavy atom. The summed E-state index contributed by atoms with van der Waals surface area (Å²) in [6.07, 6.45) is 2.63. The standard InChI is InChI=1S/C15H22ClN7/c1-4-17-15(20-10-14-22-21-11(2)23(14)3)18-8-7-12-5-6-13(16)19-9-12/h5-6,9H,4,7-8,10H2,1-3H3,(H2,17,18,20). The lowest BCUT2D eigenvalue weighted by Crippen LogP contribution is -2.38. The van der Waals surface area contributed by atoms with Gasteiger partial charge in [0.05, 0.1) is 0 Å². The van der Waals surface area contributed by atoms with E-state index in [-0.39, 0.29) is 0 Å². The zero-order valence-corrected chi connectivity index (χ0v) is 14.4. The summed E-state index contributed by atoms with van der Waals surface area (Å²) in [6.45, 7) is 5.99. The van der Waals surface area contributed by atoms with Crippen LogP contribution in [0.25, 0.3) is 0 Å². The molecule has 0 aliphatic carbocycles. The number of aliphatic imine (C=N–C) groups is 1. The first-order valence-corrected chi connectivity index (χ1v) is 7.95. The second-order valence-electron chi connectivity index (χ2n) is 5.08. The molecule has 0 saturated carbocycles. The van der Waals surface area contributed by atoms with Crippen LogP contribution in [-0.4, -0.2) is 38.8 Å². The molecule has 2 rings (SSSR count). The molecule has 0 fully saturated rings. The minimum Gasteiger partial charge on any atom is -0.357 e. The summed E-state index contributed by atoms with van der Waals surface area (Å²) in [5.74, 6) is 2.47. The van der Waals surface area contributed by atoms with Crippen molar-refractivity contribution in [1.29, 1.82) is 0 Å². The number of halogens is 1. The Hall–Kier alpha value is -2.15. The van der Waals surface area contributed by atoms with Gasteiger partial charge in [-0.2, -0.15) is 0 Å². The Bertz CT molecular complexity index is 648. The third kappa shape index (κ3) is 5.21. The summed E-state index contributed by atoms with van der Waals surface area (Å²) < 4.78 is 1.94. The van der Waals surface area contributed by atoms with Crippen LogP contribution in [-0.2, 0) is 20.0 Å². The largest absolute Gasteiger partial charge is 0.357 e. The Balaban J connectivity index is 1.88. The summed E-state index contributed by atoms with van der Waals surface area (Å²) in [5.41, 5.74) is 1.13. The molecule has 0 aliphatic rings. The second kappa shape index (κ2) is 8.47. The summed E-state index contributed by atoms with van der Waals surface area (Å²) in [7, 11) is 1.94. The van der Waals surface area contributed by atoms with Gasteiger partial charge in [-0.25, -0.2) is 9.98 Å². The molecule has 0 amide bonds. The van der Waals surface area contributed by atoms with Crippen LogP contribution in [0.4, 0.5) is 0 Å². The number of aromatic nitrogens is 4. The van der Waals surface area contributed by atoms with Crippen molar-refractivity contribution >= 4 is 17.6 Å². The van der Waals surface area contributed by atoms with E-state index in [1.54, 1.807) is 12.3 Å². The predicted octanol–water partition coefficient (Wildman–Crippen LogP) is 1.47. The third-order valence-corrected chi connectivity index (χ3v) is 3.62. The molecular formula is C15H22ClN7. The van der Waals surface area contributed by atoms with Crippen molar-refractivity contribution in [2.75, 3.05) is 13.1 Å². The van der Waals surface area contributed by atoms with Crippen LogP contribution in [0.3, 0.4) is 0 Å². The minimum atomic E-state index is 0.481. The molecule has 0 unspecified atom stereocenters. The van der Waals surface area contributed by atoms with Crippen LogP contribution in [0, 0.1) is 6.92 Å². The van der Waals surface area contributed by atoms with Crippen molar-refractivity contribution in [3.05, 3.63) is 40.7 Å². The van der Waals surface area contributed by atoms with Gasteiger partial charge in [-0.1, -0.05) is 17.7 Å². The Labute approximate surface area is 141 Å². The maximum atomic E-state index is 5.78. The number of nitrogens with zero attached hydrogens (tertiary/aromatic N) is 5. The molecule has 0 spiro atoms. The highest BCUT2D eigenvalue weighted by atomic mass is 35.5. The van der Waals surface area contributed by atoms with Crippen LogP contribution in [0.2, 0.25) is 5.15 Å². The van der Waals surface area contributed by atoms with E-state index in [4.69, 9.17) is 11.6 Å². The third-order valence-electron chi connectivity index (χ3n) is 3.40. The van der Waals surface area contributed by atoms with Crippen molar-refractivity contribution < 1.29 is 0 Å². The Kier molecular flexibility index (Phi) is 6.34. The van der Waals surface area contributed by atoms with E-state index in [9.17, 15) is 0 Å². The molecule has 23 heavy (non-hydrogen) atoms. The maximum absolute atomic E-state index is 5.78. The molecular weight excluding hydrogens is 314 g/mol. The van der Waals surface area contributed by atoms with Gasteiger partial charge in [0.2, 0.25) is 0 Å². The number of nitrogens with one attached hydrogen (secondary N) is 2. The number of hydrogen-bond donors (Lipinski definition) is 2. The Morgan fingerprint density at radius 1 is 1.30 bits per heavy atom. The minimum absolute atomic E-state index is 0.481. The fourth-order valence-corrected chi connectivity index (χ4v) is 2.07. The number of guanidine groups is 1. The summed E-state index contributed by atoms with van der Waals surface area (Å²) >= 11 is 5.78. The highest BCUT2D eigenvalue weighted by molar-refractivity contribution is 6.29. The van der Waals surface area contributed by atoms with Crippen LogP contribution in [0.5, 0.6) is 0 Å². The molecule has 0 bridgehead atoms. The molecule has 0 saturated heterocycles. The number of rotatable bonds is 6. The normalized spacial score (nSPS) is 11.6. The first kappa shape index (κ1) is 17.2. The van der Waals surface area contributed by atoms with Gasteiger partial charge in [-0.15, -0.1) is 10.2 Å². The lowest BCUT2D eigenvalue weighted by molar-refractivity contribution is 0.753. The first-order valence-electron chi connectivity index (χ1n) is 7.57. The maximum Gasteiger partial charge on any atom is 0.191 e. The van der Waals surface area contributed by atoms with Gasteiger partial charge in [-0.05, 0) is 31.9 Å². The SMILES string of the molecule is CCNC(=NCc1nnc(C)n1C)NCCc1ccc(Cl)nc1. The monoisotopic (exact) mass is 335 g/mol. The average molecular weight is 336 g/mol. The molecule has 0 aromatic carbocycles. The van der Waals surface area contributed by atoms with Gasteiger partial charge in [0.25, 0.3) is 0 Å². The van der Waals surface area contributed by atoms with E-state index >= 15 is 0 Å². The lowest BCUT2D eigenvalue weighted by Gasteiger charge is -2.11. The first-order chi connectivity index (χ1) is 11.1. The van der Waals surface area contributed by atoms with Crippen LogP contribution in [0.1, 0.15) is 24.1 Å². The smallest absolute Gasteiger partial charge is 0.191 e. The van der Waals surface area contributed by atoms with Crippen LogP contribution >= 0.6 is 11.6 Å². The van der Waals surface area contributed by atoms with Crippen molar-refractivity contribution in [3.8, 4) is 0 Å². The van der Waals surface area contributed by atoms with Crippen molar-refractivity contribution in [2.45, 2.75) is 26.8 Å². The van der Waals surface area contributed by atoms with E-state index in [0.717, 1.165) is 42.7 Å². The quantitative estimate of drug-likeness (QED) is 0.475. The molecule has 124 valence electrons. The molecule has 2 N–H and O–H groups in total. The van der Waals surface area contributed by atoms with Crippen molar-refractivity contribution in [1.82, 2.24) is 30.4 Å². The molecule has 2 aromatic rings. The molecule has 0 aliphatic heterocycles. The van der Waals surface area contributed by atoms with Gasteiger partial charge in [0.15, 0.2) is 11.8 Å². The van der Waals surface area contributed by atoms with E-state index in [0.29, 0.717) is 11.7 Å². The van der Waals surface area contributed by atoms with Crippen molar-refractivity contribution in [3.63, 3.8) is 0 Å². The Morgan fingerprint density at radius 2 is 2.13 bits per heavy atom. The highest BCUT2D eigenvalue weighted by Crippen LogP contribution is 2.05. The molecule has 0 radical (unpaired) electrons. The summed E-state index contributed by atoms with van der Waals surface area (Å²) in [6, 6.07) is 3.77. The average Bonchev–Trinajstić information content (AvgIpc) is 2.86. The fraction of sp³-hybridized carbons (Fsp3) is 0.467. The van der Waals surface area contributed by atoms with Crippen LogP contribution in [0.15, 0.2) is 23.3 Å². The van der Waals surface area contributed by atoms with Gasteiger partial charge >= 0.3 is 0 Å². The number of aryl methyl sites for hydroxylation is 1.